The Hall–Kier alpha value is -2.11. The molecule has 0 unspecified atom stereocenters. The number of hydrogen-bond donors (Lipinski definition) is 3. The molecular weight excluding hydrogens is 404 g/mol. The lowest BCUT2D eigenvalue weighted by molar-refractivity contribution is 0.158. The molecule has 0 aromatic carbocycles. The molecule has 4 N–H and O–H groups in total. The van der Waals surface area contributed by atoms with Gasteiger partial charge in [-0.2, -0.15) is 8.42 Å². The summed E-state index contributed by atoms with van der Waals surface area (Å²) in [7, 11) is -2.72. The molecule has 0 fully saturated rings. The fourth-order valence-electron chi connectivity index (χ4n) is 1.79. The Kier molecular flexibility index (Phi) is 5.47. The third-order valence-corrected chi connectivity index (χ3v) is 4.46. The van der Waals surface area contributed by atoms with Gasteiger partial charge in [-0.15, -0.1) is 0 Å². The molecule has 2 aromatic heterocycles. The summed E-state index contributed by atoms with van der Waals surface area (Å²) in [6.07, 6.45) is 0. The summed E-state index contributed by atoms with van der Waals surface area (Å²) in [6, 6.07) is 3.31. The number of anilines is 2. The largest absolute Gasteiger partial charge is 0.445 e. The van der Waals surface area contributed by atoms with Gasteiger partial charge in [-0.05, 0) is 24.6 Å². The fourth-order valence-corrected chi connectivity index (χ4v) is 3.18. The maximum Gasteiger partial charge on any atom is 0.334 e. The number of halogens is 1. The number of aryl methyl sites for hydroxylation is 1. The van der Waals surface area contributed by atoms with Crippen LogP contribution in [0.1, 0.15) is 11.3 Å². The predicted molar refractivity (Wildman–Crippen MR) is 89.8 cm³/mol. The van der Waals surface area contributed by atoms with E-state index in [1.807, 2.05) is 4.72 Å². The van der Waals surface area contributed by atoms with Gasteiger partial charge in [-0.1, -0.05) is 15.9 Å². The second-order valence-corrected chi connectivity index (χ2v) is 7.29. The number of sulfonamides is 1. The number of nitrogens with two attached hydrogens (primary N) is 1. The smallest absolute Gasteiger partial charge is 0.334 e. The number of aromatic nitrogens is 1. The first-order valence-electron chi connectivity index (χ1n) is 6.56. The van der Waals surface area contributed by atoms with Crippen molar-refractivity contribution in [3.8, 4) is 0 Å². The number of pyridine rings is 1. The van der Waals surface area contributed by atoms with Crippen LogP contribution in [-0.2, 0) is 21.4 Å². The molecule has 2 amide bonds. The Morgan fingerprint density at radius 2 is 2.12 bits per heavy atom. The number of methoxy groups -OCH3 is 1. The average molecular weight is 419 g/mol. The molecule has 0 saturated heterocycles. The summed E-state index contributed by atoms with van der Waals surface area (Å²) in [5, 5.41) is 1.89. The summed E-state index contributed by atoms with van der Waals surface area (Å²) in [6.45, 7) is 1.79. The number of nitrogens with one attached hydrogen (secondary N) is 2. The highest BCUT2D eigenvalue weighted by atomic mass is 79.9. The fraction of sp³-hybridized carbons (Fsp3) is 0.231. The van der Waals surface area contributed by atoms with Gasteiger partial charge in [-0.3, -0.25) is 5.32 Å². The third-order valence-electron chi connectivity index (χ3n) is 2.82. The first kappa shape index (κ1) is 18.2. The second kappa shape index (κ2) is 7.20. The number of carbonyl (C=O) groups is 1. The highest BCUT2D eigenvalue weighted by Crippen LogP contribution is 2.20. The van der Waals surface area contributed by atoms with Crippen LogP contribution in [0.5, 0.6) is 0 Å². The topological polar surface area (TPSA) is 137 Å². The zero-order valence-corrected chi connectivity index (χ0v) is 15.2. The van der Waals surface area contributed by atoms with Gasteiger partial charge in [0.2, 0.25) is 5.09 Å². The van der Waals surface area contributed by atoms with Gasteiger partial charge in [0, 0.05) is 17.6 Å². The van der Waals surface area contributed by atoms with Crippen LogP contribution in [0.2, 0.25) is 0 Å². The standard InChI is InChI=1S/C13H15BrN4O5S/c1-7-3-12(23-9(7)6-22-2)24(20,21)18-13(19)17-11-5-8(14)4-10(15)16-11/h3-5H,6H2,1-2H3,(H4,15,16,17,18,19). The molecule has 130 valence electrons. The van der Waals surface area contributed by atoms with E-state index in [0.717, 1.165) is 0 Å². The maximum atomic E-state index is 12.2. The SMILES string of the molecule is COCc1oc(S(=O)(=O)NC(=O)Nc2cc(Br)cc(N)n2)cc1C. The monoisotopic (exact) mass is 418 g/mol. The van der Waals surface area contributed by atoms with E-state index in [1.54, 1.807) is 6.92 Å². The van der Waals surface area contributed by atoms with Crippen LogP contribution in [0.4, 0.5) is 16.4 Å². The van der Waals surface area contributed by atoms with Gasteiger partial charge in [-0.25, -0.2) is 14.5 Å². The molecule has 2 rings (SSSR count). The lowest BCUT2D eigenvalue weighted by atomic mass is 10.3. The molecule has 0 saturated carbocycles. The van der Waals surface area contributed by atoms with Crippen molar-refractivity contribution in [1.82, 2.24) is 9.71 Å². The van der Waals surface area contributed by atoms with Crippen molar-refractivity contribution in [2.75, 3.05) is 18.2 Å². The van der Waals surface area contributed by atoms with E-state index in [9.17, 15) is 13.2 Å². The summed E-state index contributed by atoms with van der Waals surface area (Å²) < 4.78 is 36.9. The number of urea groups is 1. The number of ether oxygens (including phenoxy) is 1. The quantitative estimate of drug-likeness (QED) is 0.674. The highest BCUT2D eigenvalue weighted by Gasteiger charge is 2.23. The molecular formula is C13H15BrN4O5S. The minimum Gasteiger partial charge on any atom is -0.445 e. The van der Waals surface area contributed by atoms with E-state index in [1.165, 1.54) is 25.3 Å². The van der Waals surface area contributed by atoms with E-state index in [-0.39, 0.29) is 23.3 Å². The number of nitrogens with zero attached hydrogens (tertiary/aromatic N) is 1. The zero-order valence-electron chi connectivity index (χ0n) is 12.8. The Morgan fingerprint density at radius 1 is 1.42 bits per heavy atom. The van der Waals surface area contributed by atoms with Gasteiger partial charge in [0.05, 0.1) is 0 Å². The van der Waals surface area contributed by atoms with Gasteiger partial charge < -0.3 is 14.9 Å². The maximum absolute atomic E-state index is 12.2. The van der Waals surface area contributed by atoms with Crippen LogP contribution in [0.15, 0.2) is 32.2 Å². The van der Waals surface area contributed by atoms with Crippen molar-refractivity contribution in [3.05, 3.63) is 34.0 Å². The van der Waals surface area contributed by atoms with Crippen LogP contribution < -0.4 is 15.8 Å². The molecule has 0 atom stereocenters. The molecule has 2 heterocycles. The van der Waals surface area contributed by atoms with Crippen LogP contribution in [0.3, 0.4) is 0 Å². The summed E-state index contributed by atoms with van der Waals surface area (Å²) >= 11 is 3.19. The highest BCUT2D eigenvalue weighted by molar-refractivity contribution is 9.10. The summed E-state index contributed by atoms with van der Waals surface area (Å²) in [5.41, 5.74) is 6.14. The normalized spacial score (nSPS) is 11.3. The Bertz CT molecular complexity index is 845. The number of carbonyl (C=O) groups excluding carboxylic acids is 1. The number of nitrogen functional groups attached to an aromatic ring is 1. The minimum atomic E-state index is -4.17. The molecule has 0 radical (unpaired) electrons. The molecule has 0 aliphatic heterocycles. The van der Waals surface area contributed by atoms with Gasteiger partial charge in [0.1, 0.15) is 24.0 Å². The van der Waals surface area contributed by atoms with Crippen molar-refractivity contribution in [3.63, 3.8) is 0 Å². The van der Waals surface area contributed by atoms with Crippen molar-refractivity contribution in [2.24, 2.45) is 0 Å². The van der Waals surface area contributed by atoms with Crippen LogP contribution in [0, 0.1) is 6.92 Å². The molecule has 11 heteroatoms. The molecule has 2 aromatic rings. The van der Waals surface area contributed by atoms with E-state index in [2.05, 4.69) is 26.2 Å². The first-order valence-corrected chi connectivity index (χ1v) is 8.84. The second-order valence-electron chi connectivity index (χ2n) is 4.76. The Balaban J connectivity index is 2.13. The molecule has 0 aliphatic carbocycles. The van der Waals surface area contributed by atoms with Gasteiger partial charge >= 0.3 is 6.03 Å². The van der Waals surface area contributed by atoms with E-state index in [0.29, 0.717) is 15.8 Å². The lowest BCUT2D eigenvalue weighted by Gasteiger charge is -2.07. The van der Waals surface area contributed by atoms with Crippen LogP contribution in [0.25, 0.3) is 0 Å². The molecule has 0 spiro atoms. The number of rotatable bonds is 5. The summed E-state index contributed by atoms with van der Waals surface area (Å²) in [5.74, 6) is 0.610. The third kappa shape index (κ3) is 4.46. The first-order chi connectivity index (χ1) is 11.2. The average Bonchev–Trinajstić information content (AvgIpc) is 2.79. The summed E-state index contributed by atoms with van der Waals surface area (Å²) in [4.78, 5) is 15.7. The zero-order chi connectivity index (χ0) is 17.9. The predicted octanol–water partition coefficient (Wildman–Crippen LogP) is 1.98. The van der Waals surface area contributed by atoms with E-state index in [4.69, 9.17) is 14.9 Å². The Labute approximate surface area is 146 Å². The number of furan rings is 1. The van der Waals surface area contributed by atoms with Crippen molar-refractivity contribution < 1.29 is 22.4 Å². The number of hydrogen-bond acceptors (Lipinski definition) is 7. The van der Waals surface area contributed by atoms with Crippen LogP contribution in [-0.4, -0.2) is 26.5 Å². The van der Waals surface area contributed by atoms with Gasteiger partial charge in [0.15, 0.2) is 0 Å². The van der Waals surface area contributed by atoms with Crippen molar-refractivity contribution in [1.29, 1.82) is 0 Å². The molecule has 9 nitrogen and oxygen atoms in total. The molecule has 24 heavy (non-hydrogen) atoms. The van der Waals surface area contributed by atoms with E-state index < -0.39 is 16.1 Å². The van der Waals surface area contributed by atoms with E-state index >= 15 is 0 Å². The lowest BCUT2D eigenvalue weighted by Crippen LogP contribution is -2.34. The van der Waals surface area contributed by atoms with Gasteiger partial charge in [0.25, 0.3) is 10.0 Å². The molecule has 0 bridgehead atoms. The number of amides is 2. The minimum absolute atomic E-state index is 0.0882. The van der Waals surface area contributed by atoms with Crippen molar-refractivity contribution in [2.45, 2.75) is 18.6 Å². The Morgan fingerprint density at radius 3 is 2.75 bits per heavy atom. The van der Waals surface area contributed by atoms with Crippen molar-refractivity contribution >= 4 is 43.6 Å². The van der Waals surface area contributed by atoms with Crippen LogP contribution >= 0.6 is 15.9 Å². The molecule has 0 aliphatic rings.